The lowest BCUT2D eigenvalue weighted by Crippen LogP contribution is -2.50. The van der Waals surface area contributed by atoms with Gasteiger partial charge in [0.2, 0.25) is 5.91 Å². The number of ether oxygens (including phenoxy) is 1. The van der Waals surface area contributed by atoms with E-state index in [0.29, 0.717) is 30.8 Å². The maximum absolute atomic E-state index is 13.0. The minimum Gasteiger partial charge on any atom is -0.462 e. The molecule has 1 aromatic heterocycles. The number of piperidine rings is 1. The number of aromatic nitrogens is 2. The number of hydrogen-bond donors (Lipinski definition) is 0. The average Bonchev–Trinajstić information content (AvgIpc) is 3.22. The number of rotatable bonds is 9. The number of likely N-dealkylation sites (N-methyl/N-ethyl adjacent to an activating group) is 1. The molecule has 1 aliphatic rings. The maximum Gasteiger partial charge on any atom is 0.342 e. The molecule has 2 aromatic rings. The quantitative estimate of drug-likeness (QED) is 0.271. The molecule has 2 amide bonds. The van der Waals surface area contributed by atoms with Crippen molar-refractivity contribution >= 4 is 34.3 Å². The van der Waals surface area contributed by atoms with Crippen LogP contribution in [0, 0.1) is 17.0 Å². The predicted molar refractivity (Wildman–Crippen MR) is 135 cm³/mol. The summed E-state index contributed by atoms with van der Waals surface area (Å²) in [4.78, 5) is 51.9. The molecular formula is C24H31N5O7S. The molecule has 0 radical (unpaired) electrons. The molecule has 37 heavy (non-hydrogen) atoms. The number of esters is 1. The van der Waals surface area contributed by atoms with Crippen LogP contribution in [0.3, 0.4) is 0 Å². The molecule has 2 heterocycles. The Morgan fingerprint density at radius 1 is 1.27 bits per heavy atom. The van der Waals surface area contributed by atoms with Gasteiger partial charge in [0.25, 0.3) is 11.6 Å². The molecule has 1 aliphatic heterocycles. The minimum absolute atomic E-state index is 0.0664. The number of nitro groups is 1. The second-order valence-corrected chi connectivity index (χ2v) is 10.1. The van der Waals surface area contributed by atoms with Gasteiger partial charge >= 0.3 is 5.97 Å². The van der Waals surface area contributed by atoms with Gasteiger partial charge in [-0.2, -0.15) is 5.10 Å². The zero-order valence-electron chi connectivity index (χ0n) is 21.3. The van der Waals surface area contributed by atoms with Crippen LogP contribution in [0.2, 0.25) is 0 Å². The molecule has 1 saturated heterocycles. The van der Waals surface area contributed by atoms with Crippen LogP contribution in [0.4, 0.5) is 5.69 Å². The van der Waals surface area contributed by atoms with E-state index >= 15 is 0 Å². The summed E-state index contributed by atoms with van der Waals surface area (Å²) >= 11 is 0. The molecule has 1 fully saturated rings. The first-order valence-electron chi connectivity index (χ1n) is 11.9. The van der Waals surface area contributed by atoms with Crippen molar-refractivity contribution in [3.05, 3.63) is 51.2 Å². The fourth-order valence-electron chi connectivity index (χ4n) is 4.39. The van der Waals surface area contributed by atoms with E-state index in [-0.39, 0.29) is 53.7 Å². The van der Waals surface area contributed by atoms with Gasteiger partial charge in [-0.25, -0.2) is 4.79 Å². The van der Waals surface area contributed by atoms with Crippen molar-refractivity contribution in [1.29, 1.82) is 0 Å². The number of benzene rings is 1. The molecule has 0 aliphatic carbocycles. The van der Waals surface area contributed by atoms with Crippen LogP contribution in [0.25, 0.3) is 0 Å². The number of nitrogens with zero attached hydrogens (tertiary/aromatic N) is 5. The summed E-state index contributed by atoms with van der Waals surface area (Å²) in [5, 5.41) is 15.4. The normalized spacial score (nSPS) is 16.2. The van der Waals surface area contributed by atoms with Gasteiger partial charge in [-0.05, 0) is 38.8 Å². The van der Waals surface area contributed by atoms with E-state index in [9.17, 15) is 28.7 Å². The van der Waals surface area contributed by atoms with Crippen LogP contribution in [-0.2, 0) is 26.9 Å². The number of hydrogen-bond acceptors (Lipinski definition) is 8. The van der Waals surface area contributed by atoms with E-state index < -0.39 is 21.7 Å². The number of nitro benzene ring substituents is 1. The van der Waals surface area contributed by atoms with Gasteiger partial charge in [-0.15, -0.1) is 0 Å². The summed E-state index contributed by atoms with van der Waals surface area (Å²) < 4.78 is 18.9. The van der Waals surface area contributed by atoms with Gasteiger partial charge < -0.3 is 14.5 Å². The monoisotopic (exact) mass is 533 g/mol. The second kappa shape index (κ2) is 12.1. The van der Waals surface area contributed by atoms with E-state index in [1.807, 2.05) is 0 Å². The minimum atomic E-state index is -1.52. The summed E-state index contributed by atoms with van der Waals surface area (Å²) in [5.41, 5.74) is 0.815. The highest BCUT2D eigenvalue weighted by atomic mass is 32.2. The van der Waals surface area contributed by atoms with Gasteiger partial charge in [0.1, 0.15) is 10.6 Å². The highest BCUT2D eigenvalue weighted by Gasteiger charge is 2.30. The summed E-state index contributed by atoms with van der Waals surface area (Å²) in [6.45, 7) is 4.50. The molecule has 0 bridgehead atoms. The highest BCUT2D eigenvalue weighted by molar-refractivity contribution is 7.84. The van der Waals surface area contributed by atoms with Crippen molar-refractivity contribution in [3.63, 3.8) is 0 Å². The SMILES string of the molecule is CCOC(=O)c1c(C)nn(CCC(=O)N(C)[C@H]2CCCN(C(=O)c3ccc([N+](=O)[O-])cc3)C2)c1S(C)=O. The highest BCUT2D eigenvalue weighted by Crippen LogP contribution is 2.22. The molecule has 12 nitrogen and oxygen atoms in total. The maximum atomic E-state index is 13.0. The first-order chi connectivity index (χ1) is 17.5. The van der Waals surface area contributed by atoms with E-state index in [0.717, 1.165) is 6.42 Å². The lowest BCUT2D eigenvalue weighted by Gasteiger charge is -2.37. The largest absolute Gasteiger partial charge is 0.462 e. The Morgan fingerprint density at radius 2 is 1.95 bits per heavy atom. The van der Waals surface area contributed by atoms with Crippen LogP contribution < -0.4 is 0 Å². The predicted octanol–water partition coefficient (Wildman–Crippen LogP) is 2.17. The fourth-order valence-corrected chi connectivity index (χ4v) is 5.33. The van der Waals surface area contributed by atoms with Crippen molar-refractivity contribution in [3.8, 4) is 0 Å². The Balaban J connectivity index is 1.65. The Hall–Kier alpha value is -3.61. The first-order valence-corrected chi connectivity index (χ1v) is 13.5. The Bertz CT molecular complexity index is 1210. The molecule has 1 unspecified atom stereocenters. The first kappa shape index (κ1) is 28.0. The van der Waals surface area contributed by atoms with Crippen molar-refractivity contribution in [2.45, 2.75) is 50.7 Å². The molecule has 0 spiro atoms. The lowest BCUT2D eigenvalue weighted by molar-refractivity contribution is -0.384. The number of amides is 2. The van der Waals surface area contributed by atoms with Gasteiger partial charge in [-0.1, -0.05) is 0 Å². The van der Waals surface area contributed by atoms with Crippen LogP contribution in [0.1, 0.15) is 52.6 Å². The number of non-ortho nitro benzene ring substituents is 1. The summed E-state index contributed by atoms with van der Waals surface area (Å²) in [5.74, 6) is -1.01. The van der Waals surface area contributed by atoms with Crippen molar-refractivity contribution in [2.75, 3.05) is 33.0 Å². The molecule has 13 heteroatoms. The fraction of sp³-hybridized carbons (Fsp3) is 0.500. The summed E-state index contributed by atoms with van der Waals surface area (Å²) in [6.07, 6.45) is 2.95. The number of aryl methyl sites for hydroxylation is 2. The number of carbonyl (C=O) groups excluding carboxylic acids is 3. The van der Waals surface area contributed by atoms with Gasteiger partial charge in [0.05, 0.1) is 34.6 Å². The zero-order valence-corrected chi connectivity index (χ0v) is 22.2. The van der Waals surface area contributed by atoms with E-state index in [1.165, 1.54) is 35.2 Å². The molecule has 2 atom stereocenters. The third-order valence-electron chi connectivity index (χ3n) is 6.32. The van der Waals surface area contributed by atoms with Crippen LogP contribution in [0.5, 0.6) is 0 Å². The topological polar surface area (TPSA) is 145 Å². The van der Waals surface area contributed by atoms with E-state index in [2.05, 4.69) is 5.10 Å². The molecule has 0 N–H and O–H groups in total. The summed E-state index contributed by atoms with van der Waals surface area (Å²) in [7, 11) is 0.160. The Morgan fingerprint density at radius 3 is 2.54 bits per heavy atom. The molecule has 0 saturated carbocycles. The van der Waals surface area contributed by atoms with E-state index in [4.69, 9.17) is 4.74 Å². The number of carbonyl (C=O) groups is 3. The lowest BCUT2D eigenvalue weighted by atomic mass is 10.0. The van der Waals surface area contributed by atoms with Gasteiger partial charge in [-0.3, -0.25) is 28.6 Å². The average molecular weight is 534 g/mol. The van der Waals surface area contributed by atoms with Crippen molar-refractivity contribution in [2.24, 2.45) is 0 Å². The third-order valence-corrected chi connectivity index (χ3v) is 7.28. The molecule has 3 rings (SSSR count). The van der Waals surface area contributed by atoms with Crippen molar-refractivity contribution < 1.29 is 28.3 Å². The molecule has 200 valence electrons. The zero-order chi connectivity index (χ0) is 27.3. The Labute approximate surface area is 217 Å². The van der Waals surface area contributed by atoms with E-state index in [1.54, 1.807) is 30.7 Å². The molecular weight excluding hydrogens is 502 g/mol. The third kappa shape index (κ3) is 6.40. The van der Waals surface area contributed by atoms with Crippen LogP contribution in [-0.4, -0.2) is 85.5 Å². The number of likely N-dealkylation sites (tertiary alicyclic amines) is 1. The van der Waals surface area contributed by atoms with Crippen LogP contribution in [0.15, 0.2) is 29.3 Å². The van der Waals surface area contributed by atoms with Gasteiger partial charge in [0.15, 0.2) is 0 Å². The van der Waals surface area contributed by atoms with Crippen LogP contribution >= 0.6 is 0 Å². The van der Waals surface area contributed by atoms with Gasteiger partial charge in [0, 0.05) is 56.6 Å². The second-order valence-electron chi connectivity index (χ2n) is 8.77. The summed E-state index contributed by atoms with van der Waals surface area (Å²) in [6, 6.07) is 5.27. The smallest absolute Gasteiger partial charge is 0.342 e. The Kier molecular flexibility index (Phi) is 9.14. The standard InChI is InChI=1S/C24H31N5O7S/c1-5-36-24(32)21-16(2)25-28(23(21)37(4)35)14-12-20(30)26(3)19-7-6-13-27(15-19)22(31)17-8-10-18(11-9-17)29(33)34/h8-11,19H,5-7,12-15H2,1-4H3/t19-,37?/m0/s1. The van der Waals surface area contributed by atoms with Crippen molar-refractivity contribution in [1.82, 2.24) is 19.6 Å². The molecule has 1 aromatic carbocycles.